The minimum Gasteiger partial charge on any atom is -0.493 e. The quantitative estimate of drug-likeness (QED) is 0.409. The van der Waals surface area contributed by atoms with Crippen molar-refractivity contribution in [3.05, 3.63) is 61.6 Å². The summed E-state index contributed by atoms with van der Waals surface area (Å²) in [5, 5.41) is 5.24. The zero-order valence-electron chi connectivity index (χ0n) is 19.3. The van der Waals surface area contributed by atoms with Gasteiger partial charge in [-0.05, 0) is 24.3 Å². The van der Waals surface area contributed by atoms with E-state index in [1.807, 2.05) is 13.0 Å². The predicted molar refractivity (Wildman–Crippen MR) is 137 cm³/mol. The first kappa shape index (κ1) is 25.2. The van der Waals surface area contributed by atoms with Crippen LogP contribution < -0.4 is 15.0 Å². The summed E-state index contributed by atoms with van der Waals surface area (Å²) in [6.07, 6.45) is 1.95. The topological polar surface area (TPSA) is 95.2 Å². The number of aromatic nitrogens is 2. The third-order valence-electron chi connectivity index (χ3n) is 5.48. The van der Waals surface area contributed by atoms with Gasteiger partial charge in [0.25, 0.3) is 11.5 Å². The molecular formula is C24H24BrClN4O5. The van der Waals surface area contributed by atoms with Crippen molar-refractivity contribution >= 4 is 50.6 Å². The number of halogens is 2. The van der Waals surface area contributed by atoms with Crippen LogP contribution >= 0.6 is 27.5 Å². The Labute approximate surface area is 215 Å². The van der Waals surface area contributed by atoms with Gasteiger partial charge in [0.15, 0.2) is 18.1 Å². The first-order valence-corrected chi connectivity index (χ1v) is 12.2. The van der Waals surface area contributed by atoms with E-state index < -0.39 is 0 Å². The molecule has 0 saturated carbocycles. The van der Waals surface area contributed by atoms with Crippen LogP contribution in [0, 0.1) is 0 Å². The molecule has 2 aromatic carbocycles. The van der Waals surface area contributed by atoms with Gasteiger partial charge in [0.05, 0.1) is 37.4 Å². The van der Waals surface area contributed by atoms with Crippen molar-refractivity contribution in [2.45, 2.75) is 13.3 Å². The van der Waals surface area contributed by atoms with Crippen molar-refractivity contribution < 1.29 is 19.0 Å². The summed E-state index contributed by atoms with van der Waals surface area (Å²) in [6.45, 7) is 3.74. The fourth-order valence-electron chi connectivity index (χ4n) is 3.69. The minimum atomic E-state index is -0.302. The summed E-state index contributed by atoms with van der Waals surface area (Å²) < 4.78 is 18.6. The van der Waals surface area contributed by atoms with Gasteiger partial charge in [-0.15, -0.1) is 0 Å². The summed E-state index contributed by atoms with van der Waals surface area (Å²) in [4.78, 5) is 32.1. The summed E-state index contributed by atoms with van der Waals surface area (Å²) >= 11 is 9.68. The molecule has 0 atom stereocenters. The first-order chi connectivity index (χ1) is 16.9. The molecule has 4 rings (SSSR count). The molecule has 0 aliphatic carbocycles. The normalized spacial score (nSPS) is 14.0. The highest BCUT2D eigenvalue weighted by molar-refractivity contribution is 9.10. The number of ether oxygens (including phenoxy) is 3. The average Bonchev–Trinajstić information content (AvgIpc) is 2.87. The van der Waals surface area contributed by atoms with Gasteiger partial charge in [-0.25, -0.2) is 4.98 Å². The predicted octanol–water partition coefficient (Wildman–Crippen LogP) is 3.50. The number of rotatable bonds is 7. The smallest absolute Gasteiger partial charge is 0.282 e. The number of hydrogen-bond donors (Lipinski definition) is 0. The van der Waals surface area contributed by atoms with Crippen LogP contribution in [0.2, 0.25) is 5.02 Å². The van der Waals surface area contributed by atoms with Gasteiger partial charge in [-0.1, -0.05) is 34.5 Å². The lowest BCUT2D eigenvalue weighted by Gasteiger charge is -2.27. The maximum absolute atomic E-state index is 13.2. The highest BCUT2D eigenvalue weighted by Crippen LogP contribution is 2.34. The molecule has 1 saturated heterocycles. The molecule has 1 aliphatic rings. The van der Waals surface area contributed by atoms with Crippen molar-refractivity contribution in [1.29, 1.82) is 0 Å². The van der Waals surface area contributed by atoms with E-state index in [0.717, 1.165) is 4.47 Å². The van der Waals surface area contributed by atoms with Gasteiger partial charge >= 0.3 is 0 Å². The number of carbonyl (C=O) groups excluding carboxylic acids is 1. The van der Waals surface area contributed by atoms with E-state index in [4.69, 9.17) is 25.8 Å². The van der Waals surface area contributed by atoms with Crippen LogP contribution in [-0.2, 0) is 16.0 Å². The number of benzene rings is 2. The summed E-state index contributed by atoms with van der Waals surface area (Å²) in [6, 6.07) is 8.55. The second-order valence-electron chi connectivity index (χ2n) is 7.71. The van der Waals surface area contributed by atoms with E-state index in [0.29, 0.717) is 71.5 Å². The van der Waals surface area contributed by atoms with Crippen molar-refractivity contribution in [3.63, 3.8) is 0 Å². The Morgan fingerprint density at radius 1 is 1.29 bits per heavy atom. The maximum Gasteiger partial charge on any atom is 0.282 e. The fraction of sp³-hybridized carbons (Fsp3) is 0.333. The Morgan fingerprint density at radius 2 is 2.06 bits per heavy atom. The number of morpholine rings is 1. The number of hydrogen-bond acceptors (Lipinski definition) is 7. The molecule has 1 fully saturated rings. The van der Waals surface area contributed by atoms with Crippen LogP contribution in [0.4, 0.5) is 0 Å². The number of aryl methyl sites for hydroxylation is 1. The van der Waals surface area contributed by atoms with E-state index in [1.165, 1.54) is 18.0 Å². The SMILES string of the molecule is CCc1nc2ccc(Br)cc2c(=O)n1N=Cc1cc(Cl)cc(OC)c1OCC(=O)N1CCOCC1. The van der Waals surface area contributed by atoms with E-state index in [9.17, 15) is 9.59 Å². The second kappa shape index (κ2) is 11.2. The van der Waals surface area contributed by atoms with Gasteiger partial charge in [0.2, 0.25) is 0 Å². The molecule has 11 heteroatoms. The summed E-state index contributed by atoms with van der Waals surface area (Å²) in [5.74, 6) is 0.976. The Morgan fingerprint density at radius 3 is 2.77 bits per heavy atom. The van der Waals surface area contributed by atoms with E-state index in [-0.39, 0.29) is 18.1 Å². The number of amides is 1. The maximum atomic E-state index is 13.2. The third kappa shape index (κ3) is 5.66. The standard InChI is InChI=1S/C24H24BrClN4O5/c1-3-21-28-19-5-4-16(25)11-18(19)24(32)30(21)27-13-15-10-17(26)12-20(33-2)23(15)35-14-22(31)29-6-8-34-9-7-29/h4-5,10-13H,3,6-9,14H2,1-2H3. The minimum absolute atomic E-state index is 0.165. The molecular weight excluding hydrogens is 540 g/mol. The van der Waals surface area contributed by atoms with Crippen molar-refractivity contribution in [2.75, 3.05) is 40.0 Å². The highest BCUT2D eigenvalue weighted by atomic mass is 79.9. The monoisotopic (exact) mass is 562 g/mol. The summed E-state index contributed by atoms with van der Waals surface area (Å²) in [5.41, 5.74) is 0.743. The van der Waals surface area contributed by atoms with Crippen LogP contribution in [0.15, 0.2) is 44.7 Å². The van der Waals surface area contributed by atoms with Crippen LogP contribution in [0.5, 0.6) is 11.5 Å². The first-order valence-electron chi connectivity index (χ1n) is 11.0. The fourth-order valence-corrected chi connectivity index (χ4v) is 4.27. The largest absolute Gasteiger partial charge is 0.493 e. The Bertz CT molecular complexity index is 1340. The molecule has 184 valence electrons. The lowest BCUT2D eigenvalue weighted by atomic mass is 10.2. The van der Waals surface area contributed by atoms with Crippen LogP contribution in [0.25, 0.3) is 10.9 Å². The zero-order valence-corrected chi connectivity index (χ0v) is 21.6. The molecule has 0 radical (unpaired) electrons. The van der Waals surface area contributed by atoms with Crippen molar-refractivity contribution in [1.82, 2.24) is 14.6 Å². The Balaban J connectivity index is 1.69. The number of methoxy groups -OCH3 is 1. The van der Waals surface area contributed by atoms with Gasteiger partial charge < -0.3 is 19.1 Å². The van der Waals surface area contributed by atoms with Crippen molar-refractivity contribution in [3.8, 4) is 11.5 Å². The lowest BCUT2D eigenvalue weighted by molar-refractivity contribution is -0.137. The van der Waals surface area contributed by atoms with Gasteiger partial charge in [0.1, 0.15) is 5.82 Å². The number of fused-ring (bicyclic) bond motifs is 1. The van der Waals surface area contributed by atoms with Crippen LogP contribution in [-0.4, -0.2) is 66.7 Å². The van der Waals surface area contributed by atoms with Gasteiger partial charge in [0, 0.05) is 40.6 Å². The molecule has 35 heavy (non-hydrogen) atoms. The molecule has 1 aliphatic heterocycles. The molecule has 9 nitrogen and oxygen atoms in total. The average molecular weight is 564 g/mol. The van der Waals surface area contributed by atoms with Crippen molar-refractivity contribution in [2.24, 2.45) is 5.10 Å². The Hall–Kier alpha value is -2.95. The molecule has 2 heterocycles. The molecule has 0 spiro atoms. The number of nitrogens with zero attached hydrogens (tertiary/aromatic N) is 4. The van der Waals surface area contributed by atoms with E-state index in [1.54, 1.807) is 29.2 Å². The molecule has 1 aromatic heterocycles. The molecule has 0 N–H and O–H groups in total. The van der Waals surface area contributed by atoms with Gasteiger partial charge in [-0.2, -0.15) is 9.78 Å². The highest BCUT2D eigenvalue weighted by Gasteiger charge is 2.20. The molecule has 0 unspecified atom stereocenters. The summed E-state index contributed by atoms with van der Waals surface area (Å²) in [7, 11) is 1.48. The van der Waals surface area contributed by atoms with Gasteiger partial charge in [-0.3, -0.25) is 9.59 Å². The molecule has 1 amide bonds. The van der Waals surface area contributed by atoms with Crippen LogP contribution in [0.3, 0.4) is 0 Å². The lowest BCUT2D eigenvalue weighted by Crippen LogP contribution is -2.43. The van der Waals surface area contributed by atoms with Crippen LogP contribution in [0.1, 0.15) is 18.3 Å². The molecule has 0 bridgehead atoms. The zero-order chi connectivity index (χ0) is 24.9. The second-order valence-corrected chi connectivity index (χ2v) is 9.06. The third-order valence-corrected chi connectivity index (χ3v) is 6.19. The van der Waals surface area contributed by atoms with E-state index in [2.05, 4.69) is 26.0 Å². The number of carbonyl (C=O) groups is 1. The van der Waals surface area contributed by atoms with E-state index >= 15 is 0 Å². The molecule has 3 aromatic rings. The Kier molecular flexibility index (Phi) is 8.04.